The van der Waals surface area contributed by atoms with Crippen molar-refractivity contribution < 1.29 is 42.9 Å². The molecule has 0 aliphatic heterocycles. The summed E-state index contributed by atoms with van der Waals surface area (Å²) < 4.78 is 27.3. The van der Waals surface area contributed by atoms with E-state index in [0.717, 1.165) is 75.9 Å². The molecular weight excluding hydrogens is 674 g/mol. The predicted octanol–water partition coefficient (Wildman–Crippen LogP) is 9.60. The van der Waals surface area contributed by atoms with E-state index in [2.05, 4.69) is 25.7 Å². The maximum absolute atomic E-state index is 13.1. The Morgan fingerprint density at radius 1 is 0.547 bits per heavy atom. The van der Waals surface area contributed by atoms with Gasteiger partial charge in [-0.05, 0) is 100 Å². The summed E-state index contributed by atoms with van der Waals surface area (Å²) in [6, 6.07) is 0. The molecule has 0 amide bonds. The molecule has 0 N–H and O–H groups in total. The molecule has 4 aliphatic carbocycles. The lowest BCUT2D eigenvalue weighted by Gasteiger charge is -2.56. The van der Waals surface area contributed by atoms with Crippen molar-refractivity contribution in [1.29, 1.82) is 0 Å². The Morgan fingerprint density at radius 3 is 1.58 bits per heavy atom. The lowest BCUT2D eigenvalue weighted by Crippen LogP contribution is -2.47. The van der Waals surface area contributed by atoms with Crippen molar-refractivity contribution in [3.05, 3.63) is 0 Å². The number of hydrogen-bond acceptors (Lipinski definition) is 10. The van der Waals surface area contributed by atoms with Crippen molar-refractivity contribution in [3.63, 3.8) is 0 Å². The Balaban J connectivity index is 1.28. The van der Waals surface area contributed by atoms with Crippen LogP contribution in [-0.4, -0.2) is 81.6 Å². The summed E-state index contributed by atoms with van der Waals surface area (Å²) in [7, 11) is 0. The third kappa shape index (κ3) is 19.2. The van der Waals surface area contributed by atoms with Gasteiger partial charge in [-0.1, -0.05) is 85.0 Å². The third-order valence-electron chi connectivity index (χ3n) is 11.8. The molecular formula is C43H75NO9. The van der Waals surface area contributed by atoms with E-state index < -0.39 is 12.1 Å². The molecule has 1 atom stereocenters. The van der Waals surface area contributed by atoms with Gasteiger partial charge in [0.2, 0.25) is 0 Å². The van der Waals surface area contributed by atoms with Crippen molar-refractivity contribution in [1.82, 2.24) is 4.90 Å². The number of rotatable bonds is 31. The van der Waals surface area contributed by atoms with Gasteiger partial charge in [-0.2, -0.15) is 0 Å². The van der Waals surface area contributed by atoms with Gasteiger partial charge in [0, 0.05) is 19.4 Å². The van der Waals surface area contributed by atoms with Crippen LogP contribution in [0.2, 0.25) is 0 Å². The summed E-state index contributed by atoms with van der Waals surface area (Å²) in [5.74, 6) is 1.00. The molecule has 4 bridgehead atoms. The van der Waals surface area contributed by atoms with E-state index in [0.29, 0.717) is 38.7 Å². The van der Waals surface area contributed by atoms with Crippen LogP contribution in [-0.2, 0) is 38.1 Å². The molecule has 0 spiro atoms. The van der Waals surface area contributed by atoms with Gasteiger partial charge in [-0.15, -0.1) is 0 Å². The summed E-state index contributed by atoms with van der Waals surface area (Å²) in [5.41, 5.74) is 0.0721. The Morgan fingerprint density at radius 2 is 1.02 bits per heavy atom. The molecule has 0 aromatic carbocycles. The molecule has 53 heavy (non-hydrogen) atoms. The highest BCUT2D eigenvalue weighted by atomic mass is 16.7. The molecule has 10 heteroatoms. The van der Waals surface area contributed by atoms with E-state index in [-0.39, 0.29) is 56.2 Å². The first-order valence-electron chi connectivity index (χ1n) is 21.7. The van der Waals surface area contributed by atoms with Gasteiger partial charge in [-0.3, -0.25) is 14.4 Å². The smallest absolute Gasteiger partial charge is 0.466 e. The summed E-state index contributed by atoms with van der Waals surface area (Å²) in [5, 5.41) is 0. The molecule has 0 heterocycles. The average molecular weight is 750 g/mol. The normalized spacial score (nSPS) is 22.1. The van der Waals surface area contributed by atoms with Crippen molar-refractivity contribution in [3.8, 4) is 0 Å². The number of carbonyl (C=O) groups is 4. The Labute approximate surface area is 321 Å². The number of carbonyl (C=O) groups excluding carboxylic acids is 4. The second kappa shape index (κ2) is 26.4. The molecule has 4 rings (SSSR count). The lowest BCUT2D eigenvalue weighted by molar-refractivity contribution is -0.155. The third-order valence-corrected chi connectivity index (χ3v) is 11.8. The van der Waals surface area contributed by atoms with Gasteiger partial charge < -0.3 is 28.6 Å². The predicted molar refractivity (Wildman–Crippen MR) is 206 cm³/mol. The van der Waals surface area contributed by atoms with Crippen LogP contribution in [0.15, 0.2) is 0 Å². The van der Waals surface area contributed by atoms with Crippen LogP contribution in [0.1, 0.15) is 168 Å². The zero-order valence-corrected chi connectivity index (χ0v) is 33.9. The molecule has 0 radical (unpaired) electrons. The Kier molecular flexibility index (Phi) is 22.5. The van der Waals surface area contributed by atoms with Crippen LogP contribution < -0.4 is 0 Å². The minimum Gasteiger partial charge on any atom is -0.466 e. The summed E-state index contributed by atoms with van der Waals surface area (Å²) in [6.45, 7) is 9.81. The molecule has 1 unspecified atom stereocenters. The fraction of sp³-hybridized carbons (Fsp3) is 0.907. The number of esters is 3. The zero-order chi connectivity index (χ0) is 38.2. The minimum atomic E-state index is -0.775. The van der Waals surface area contributed by atoms with Crippen molar-refractivity contribution in [2.45, 2.75) is 168 Å². The maximum Gasteiger partial charge on any atom is 0.508 e. The van der Waals surface area contributed by atoms with E-state index in [1.54, 1.807) is 0 Å². The minimum absolute atomic E-state index is 0.00888. The molecule has 0 saturated heterocycles. The number of hydrogen-bond donors (Lipinski definition) is 0. The quantitative estimate of drug-likeness (QED) is 0.0385. The fourth-order valence-electron chi connectivity index (χ4n) is 9.28. The van der Waals surface area contributed by atoms with Gasteiger partial charge in [0.1, 0.15) is 19.8 Å². The van der Waals surface area contributed by atoms with E-state index in [1.165, 1.54) is 70.6 Å². The highest BCUT2D eigenvalue weighted by Gasteiger charge is 2.51. The first-order valence-corrected chi connectivity index (χ1v) is 21.7. The van der Waals surface area contributed by atoms with E-state index in [1.807, 2.05) is 0 Å². The van der Waals surface area contributed by atoms with Gasteiger partial charge in [0.05, 0.1) is 25.6 Å². The highest BCUT2D eigenvalue weighted by molar-refractivity contribution is 5.71. The first kappa shape index (κ1) is 45.0. The second-order valence-corrected chi connectivity index (χ2v) is 16.6. The maximum atomic E-state index is 13.1. The van der Waals surface area contributed by atoms with Crippen LogP contribution in [0.5, 0.6) is 0 Å². The number of nitrogens with zero attached hydrogens (tertiary/aromatic N) is 1. The molecule has 0 aromatic rings. The van der Waals surface area contributed by atoms with Crippen LogP contribution in [0.25, 0.3) is 0 Å². The van der Waals surface area contributed by atoms with Crippen LogP contribution in [0.4, 0.5) is 4.79 Å². The topological polar surface area (TPSA) is 118 Å². The number of unbranched alkanes of at least 4 members (excludes halogenated alkanes) is 11. The van der Waals surface area contributed by atoms with E-state index >= 15 is 0 Å². The van der Waals surface area contributed by atoms with Crippen LogP contribution in [0, 0.1) is 29.1 Å². The molecule has 0 aromatic heterocycles. The highest BCUT2D eigenvalue weighted by Crippen LogP contribution is 2.61. The van der Waals surface area contributed by atoms with Crippen molar-refractivity contribution in [2.75, 3.05) is 52.7 Å². The van der Waals surface area contributed by atoms with E-state index in [4.69, 9.17) is 23.7 Å². The van der Waals surface area contributed by atoms with Crippen molar-refractivity contribution in [2.24, 2.45) is 29.1 Å². The van der Waals surface area contributed by atoms with Gasteiger partial charge >= 0.3 is 24.1 Å². The van der Waals surface area contributed by atoms with E-state index in [9.17, 15) is 19.2 Å². The number of ether oxygens (including phenoxy) is 5. The largest absolute Gasteiger partial charge is 0.508 e. The fourth-order valence-corrected chi connectivity index (χ4v) is 9.28. The Hall–Kier alpha value is -2.36. The molecule has 4 aliphatic rings. The monoisotopic (exact) mass is 750 g/mol. The lowest BCUT2D eigenvalue weighted by atomic mass is 9.49. The Bertz CT molecular complexity index is 1010. The first-order chi connectivity index (χ1) is 25.7. The van der Waals surface area contributed by atoms with Crippen molar-refractivity contribution >= 4 is 24.1 Å². The SMILES string of the molecule is CCCCCCCCCCCCOC(=O)CCCCCC(=O)OCC(COC(=O)CC12CC3CC(CC(C3)C1)C2)COC(=O)OCCCN(CC)CC. The summed E-state index contributed by atoms with van der Waals surface area (Å²) in [6.07, 6.45) is 22.7. The zero-order valence-electron chi connectivity index (χ0n) is 33.9. The van der Waals surface area contributed by atoms with Crippen LogP contribution >= 0.6 is 0 Å². The van der Waals surface area contributed by atoms with Gasteiger partial charge in [0.15, 0.2) is 0 Å². The second-order valence-electron chi connectivity index (χ2n) is 16.6. The summed E-state index contributed by atoms with van der Waals surface area (Å²) in [4.78, 5) is 52.4. The van der Waals surface area contributed by atoms with Gasteiger partial charge in [0.25, 0.3) is 0 Å². The molecule has 306 valence electrons. The molecule has 4 fully saturated rings. The van der Waals surface area contributed by atoms with Gasteiger partial charge in [-0.25, -0.2) is 4.79 Å². The summed E-state index contributed by atoms with van der Waals surface area (Å²) >= 11 is 0. The molecule has 4 saturated carbocycles. The van der Waals surface area contributed by atoms with Crippen LogP contribution in [0.3, 0.4) is 0 Å². The molecule has 10 nitrogen and oxygen atoms in total. The standard InChI is InChI=1S/C43H75NO9/c1-4-7-8-9-10-11-12-13-14-18-23-49-39(45)20-16-15-17-21-40(46)51-32-38(34-53-42(48)50-24-19-22-44(5-2)6-3)33-52-41(47)31-43-28-35-25-36(29-43)27-37(26-35)30-43/h35-38H,4-34H2,1-3H3. The average Bonchev–Trinajstić information content (AvgIpc) is 3.12.